The summed E-state index contributed by atoms with van der Waals surface area (Å²) in [5.74, 6) is 0.559. The van der Waals surface area contributed by atoms with Crippen LogP contribution in [0.1, 0.15) is 36.5 Å². The van der Waals surface area contributed by atoms with Gasteiger partial charge in [0, 0.05) is 12.5 Å². The summed E-state index contributed by atoms with van der Waals surface area (Å²) in [6.45, 7) is 5.04. The molecule has 4 heteroatoms. The Morgan fingerprint density at radius 2 is 1.57 bits per heavy atom. The molecule has 0 aromatic heterocycles. The highest BCUT2D eigenvalue weighted by molar-refractivity contribution is 5.98. The molecular formula is C31H28N2O2. The van der Waals surface area contributed by atoms with E-state index in [1.807, 2.05) is 72.8 Å². The minimum atomic E-state index is -0.369. The maximum absolute atomic E-state index is 12.6. The van der Waals surface area contributed by atoms with Crippen molar-refractivity contribution in [2.75, 3.05) is 0 Å². The summed E-state index contributed by atoms with van der Waals surface area (Å²) in [7, 11) is 0. The number of ether oxygens (including phenoxy) is 1. The van der Waals surface area contributed by atoms with Crippen LogP contribution in [0.25, 0.3) is 0 Å². The van der Waals surface area contributed by atoms with E-state index in [4.69, 9.17) is 4.74 Å². The third-order valence-corrected chi connectivity index (χ3v) is 6.15. The Morgan fingerprint density at radius 3 is 2.20 bits per heavy atom. The zero-order valence-corrected chi connectivity index (χ0v) is 20.0. The number of allylic oxidation sites excluding steroid dienone is 5. The van der Waals surface area contributed by atoms with Gasteiger partial charge in [0.25, 0.3) is 5.91 Å². The quantitative estimate of drug-likeness (QED) is 0.313. The summed E-state index contributed by atoms with van der Waals surface area (Å²) in [6.07, 6.45) is 3.75. The van der Waals surface area contributed by atoms with Gasteiger partial charge in [0.1, 0.15) is 24.0 Å². The van der Waals surface area contributed by atoms with Crippen LogP contribution in [0.5, 0.6) is 5.75 Å². The molecule has 35 heavy (non-hydrogen) atoms. The predicted octanol–water partition coefficient (Wildman–Crippen LogP) is 6.39. The second-order valence-corrected chi connectivity index (χ2v) is 8.64. The summed E-state index contributed by atoms with van der Waals surface area (Å²) >= 11 is 0. The number of nitrogens with one attached hydrogen (secondary N) is 1. The van der Waals surface area contributed by atoms with Crippen LogP contribution in [-0.4, -0.2) is 5.91 Å². The van der Waals surface area contributed by atoms with Gasteiger partial charge in [0.05, 0.1) is 0 Å². The number of nitrogens with zero attached hydrogens (tertiary/aromatic N) is 1. The molecule has 4 rings (SSSR count). The lowest BCUT2D eigenvalue weighted by Crippen LogP contribution is -2.24. The number of nitriles is 1. The third-order valence-electron chi connectivity index (χ3n) is 6.15. The second-order valence-electron chi connectivity index (χ2n) is 8.64. The number of hydrogen-bond acceptors (Lipinski definition) is 3. The van der Waals surface area contributed by atoms with Crippen LogP contribution in [0.4, 0.5) is 0 Å². The average molecular weight is 461 g/mol. The van der Waals surface area contributed by atoms with Crippen LogP contribution in [0.3, 0.4) is 0 Å². The highest BCUT2D eigenvalue weighted by Gasteiger charge is 2.24. The Labute approximate surface area is 206 Å². The topological polar surface area (TPSA) is 62.1 Å². The van der Waals surface area contributed by atoms with E-state index in [-0.39, 0.29) is 17.4 Å². The van der Waals surface area contributed by atoms with E-state index >= 15 is 0 Å². The van der Waals surface area contributed by atoms with Crippen molar-refractivity contribution in [1.82, 2.24) is 5.32 Å². The number of amides is 1. The van der Waals surface area contributed by atoms with Crippen molar-refractivity contribution in [3.63, 3.8) is 0 Å². The van der Waals surface area contributed by atoms with E-state index in [1.54, 1.807) is 6.08 Å². The molecule has 0 unspecified atom stereocenters. The molecule has 0 spiro atoms. The molecule has 0 aliphatic heterocycles. The molecule has 4 nitrogen and oxygen atoms in total. The van der Waals surface area contributed by atoms with E-state index in [0.29, 0.717) is 13.2 Å². The zero-order valence-electron chi connectivity index (χ0n) is 20.0. The minimum Gasteiger partial charge on any atom is -0.489 e. The van der Waals surface area contributed by atoms with Crippen LogP contribution in [0.15, 0.2) is 119 Å². The summed E-state index contributed by atoms with van der Waals surface area (Å²) in [6, 6.07) is 29.9. The molecular weight excluding hydrogens is 432 g/mol. The smallest absolute Gasteiger partial charge is 0.262 e. The molecule has 1 aliphatic carbocycles. The van der Waals surface area contributed by atoms with E-state index < -0.39 is 0 Å². The fraction of sp³-hybridized carbons (Fsp3) is 0.161. The van der Waals surface area contributed by atoms with Gasteiger partial charge in [-0.2, -0.15) is 5.26 Å². The SMILES string of the molecule is CC1=CC(/C=C(/C#N)C(=O)NCc2ccccc2)=C(C)[C@@H]1c1ccc(OCc2ccccc2)cc1. The number of carbonyl (C=O) groups excluding carboxylic acids is 1. The average Bonchev–Trinajstić information content (AvgIpc) is 3.18. The largest absolute Gasteiger partial charge is 0.489 e. The molecule has 0 heterocycles. The van der Waals surface area contributed by atoms with Gasteiger partial charge in [-0.15, -0.1) is 0 Å². The van der Waals surface area contributed by atoms with Crippen LogP contribution in [0, 0.1) is 11.3 Å². The lowest BCUT2D eigenvalue weighted by Gasteiger charge is -2.16. The summed E-state index contributed by atoms with van der Waals surface area (Å²) in [4.78, 5) is 12.6. The summed E-state index contributed by atoms with van der Waals surface area (Å²) in [5.41, 5.74) is 6.56. The van der Waals surface area contributed by atoms with Crippen LogP contribution >= 0.6 is 0 Å². The van der Waals surface area contributed by atoms with Crippen molar-refractivity contribution in [3.8, 4) is 11.8 Å². The molecule has 0 fully saturated rings. The van der Waals surface area contributed by atoms with Gasteiger partial charge in [-0.25, -0.2) is 0 Å². The normalized spacial score (nSPS) is 15.4. The monoisotopic (exact) mass is 460 g/mol. The van der Waals surface area contributed by atoms with Gasteiger partial charge in [-0.05, 0) is 54.3 Å². The van der Waals surface area contributed by atoms with Crippen LogP contribution in [0.2, 0.25) is 0 Å². The molecule has 0 saturated heterocycles. The fourth-order valence-corrected chi connectivity index (χ4v) is 4.29. The molecule has 3 aromatic rings. The third kappa shape index (κ3) is 5.96. The van der Waals surface area contributed by atoms with E-state index in [1.165, 1.54) is 5.57 Å². The lowest BCUT2D eigenvalue weighted by atomic mass is 9.89. The maximum atomic E-state index is 12.6. The number of benzene rings is 3. The highest BCUT2D eigenvalue weighted by Crippen LogP contribution is 2.40. The van der Waals surface area contributed by atoms with Gasteiger partial charge >= 0.3 is 0 Å². The highest BCUT2D eigenvalue weighted by atomic mass is 16.5. The fourth-order valence-electron chi connectivity index (χ4n) is 4.29. The first-order valence-corrected chi connectivity index (χ1v) is 11.6. The van der Waals surface area contributed by atoms with E-state index in [0.717, 1.165) is 33.6 Å². The van der Waals surface area contributed by atoms with Gasteiger partial charge in [0.15, 0.2) is 0 Å². The standard InChI is InChI=1S/C31H28N2O2/c1-22-17-27(18-28(19-32)31(34)33-20-24-9-5-3-6-10-24)23(2)30(22)26-13-15-29(16-14-26)35-21-25-11-7-4-8-12-25/h3-18,30H,20-21H2,1-2H3,(H,33,34)/b28-18-/t30-/m1/s1. The van der Waals surface area contributed by atoms with Gasteiger partial charge < -0.3 is 10.1 Å². The lowest BCUT2D eigenvalue weighted by molar-refractivity contribution is -0.117. The van der Waals surface area contributed by atoms with E-state index in [9.17, 15) is 10.1 Å². The Bertz CT molecular complexity index is 1310. The first kappa shape index (κ1) is 23.8. The Kier molecular flexibility index (Phi) is 7.60. The van der Waals surface area contributed by atoms with Crippen molar-refractivity contribution in [1.29, 1.82) is 5.26 Å². The van der Waals surface area contributed by atoms with Crippen molar-refractivity contribution in [2.24, 2.45) is 0 Å². The summed E-state index contributed by atoms with van der Waals surface area (Å²) < 4.78 is 5.92. The summed E-state index contributed by atoms with van der Waals surface area (Å²) in [5, 5.41) is 12.5. The molecule has 1 N–H and O–H groups in total. The van der Waals surface area contributed by atoms with Gasteiger partial charge in [-0.3, -0.25) is 4.79 Å². The Morgan fingerprint density at radius 1 is 0.943 bits per heavy atom. The van der Waals surface area contributed by atoms with Crippen molar-refractivity contribution in [3.05, 3.63) is 136 Å². The van der Waals surface area contributed by atoms with Gasteiger partial charge in [-0.1, -0.05) is 90.0 Å². The number of carbonyl (C=O) groups is 1. The zero-order chi connectivity index (χ0) is 24.6. The van der Waals surface area contributed by atoms with Crippen LogP contribution in [-0.2, 0) is 17.9 Å². The second kappa shape index (κ2) is 11.2. The molecule has 1 atom stereocenters. The van der Waals surface area contributed by atoms with Crippen molar-refractivity contribution in [2.45, 2.75) is 32.9 Å². The Hall–Kier alpha value is -4.36. The maximum Gasteiger partial charge on any atom is 0.262 e. The molecule has 0 radical (unpaired) electrons. The van der Waals surface area contributed by atoms with Gasteiger partial charge in [0.2, 0.25) is 0 Å². The first-order chi connectivity index (χ1) is 17.0. The first-order valence-electron chi connectivity index (χ1n) is 11.6. The molecule has 174 valence electrons. The minimum absolute atomic E-state index is 0.102. The molecule has 0 bridgehead atoms. The van der Waals surface area contributed by atoms with Crippen molar-refractivity contribution < 1.29 is 9.53 Å². The van der Waals surface area contributed by atoms with Crippen molar-refractivity contribution >= 4 is 5.91 Å². The molecule has 3 aromatic carbocycles. The molecule has 1 amide bonds. The number of rotatable bonds is 8. The van der Waals surface area contributed by atoms with Crippen LogP contribution < -0.4 is 10.1 Å². The van der Waals surface area contributed by atoms with E-state index in [2.05, 4.69) is 43.4 Å². The molecule has 0 saturated carbocycles. The number of hydrogen-bond donors (Lipinski definition) is 1. The Balaban J connectivity index is 1.45. The molecule has 1 aliphatic rings. The predicted molar refractivity (Wildman–Crippen MR) is 138 cm³/mol.